The van der Waals surface area contributed by atoms with E-state index >= 15 is 0 Å². The number of hydroxylamine groups is 1. The second-order valence-corrected chi connectivity index (χ2v) is 1.70. The molecular formula is C7H10N2O. The second kappa shape index (κ2) is 6.10. The van der Waals surface area contributed by atoms with E-state index in [2.05, 4.69) is 11.4 Å². The van der Waals surface area contributed by atoms with Crippen molar-refractivity contribution in [3.63, 3.8) is 0 Å². The Morgan fingerprint density at radius 2 is 2.50 bits per heavy atom. The maximum atomic E-state index is 8.38. The molecule has 0 aromatic heterocycles. The van der Waals surface area contributed by atoms with Crippen molar-refractivity contribution in [1.82, 2.24) is 5.48 Å². The molecule has 3 nitrogen and oxygen atoms in total. The fourth-order valence-electron chi connectivity index (χ4n) is 0.385. The van der Waals surface area contributed by atoms with Gasteiger partial charge in [-0.05, 0) is 6.42 Å². The average molecular weight is 138 g/mol. The fourth-order valence-corrected chi connectivity index (χ4v) is 0.385. The molecule has 0 spiro atoms. The topological polar surface area (TPSA) is 45.0 Å². The lowest BCUT2D eigenvalue weighted by Crippen LogP contribution is -2.26. The third kappa shape index (κ3) is 3.91. The minimum absolute atomic E-state index is 0.193. The average Bonchev–Trinajstić information content (AvgIpc) is 1.99. The van der Waals surface area contributed by atoms with Crippen LogP contribution in [0.3, 0.4) is 0 Å². The van der Waals surface area contributed by atoms with Gasteiger partial charge in [0, 0.05) is 0 Å². The summed E-state index contributed by atoms with van der Waals surface area (Å²) < 4.78 is 0. The van der Waals surface area contributed by atoms with Crippen LogP contribution in [0.5, 0.6) is 0 Å². The van der Waals surface area contributed by atoms with Crippen molar-refractivity contribution in [2.75, 3.05) is 6.61 Å². The highest BCUT2D eigenvalue weighted by molar-refractivity contribution is 4.87. The number of nitrogens with zero attached hydrogens (tertiary/aromatic N) is 1. The molecule has 0 fully saturated rings. The lowest BCUT2D eigenvalue weighted by molar-refractivity contribution is 0.0507. The molecule has 0 aliphatic rings. The number of hydrogen-bond donors (Lipinski definition) is 1. The summed E-state index contributed by atoms with van der Waals surface area (Å²) >= 11 is 0. The monoisotopic (exact) mass is 138 g/mol. The molecule has 0 rings (SSSR count). The van der Waals surface area contributed by atoms with Crippen LogP contribution in [-0.2, 0) is 4.84 Å². The molecule has 0 aromatic rings. The van der Waals surface area contributed by atoms with Gasteiger partial charge in [-0.1, -0.05) is 12.8 Å². The highest BCUT2D eigenvalue weighted by atomic mass is 16.6. The first-order valence-corrected chi connectivity index (χ1v) is 3.05. The maximum absolute atomic E-state index is 8.38. The lowest BCUT2D eigenvalue weighted by atomic mass is 10.3. The normalized spacial score (nSPS) is 11.5. The molecule has 0 aromatic carbocycles. The number of hydrogen-bond acceptors (Lipinski definition) is 3. The minimum Gasteiger partial charge on any atom is -0.288 e. The van der Waals surface area contributed by atoms with Crippen molar-refractivity contribution in [2.45, 2.75) is 19.4 Å². The predicted molar refractivity (Wildman–Crippen MR) is 37.6 cm³/mol. The molecule has 0 aliphatic carbocycles. The summed E-state index contributed by atoms with van der Waals surface area (Å²) in [5.74, 6) is 2.28. The fraction of sp³-hybridized carbons (Fsp3) is 0.571. The number of nitrogens with one attached hydrogen (secondary N) is 1. The van der Waals surface area contributed by atoms with Gasteiger partial charge in [0.1, 0.15) is 12.6 Å². The third-order valence-electron chi connectivity index (χ3n) is 0.945. The smallest absolute Gasteiger partial charge is 0.128 e. The summed E-state index contributed by atoms with van der Waals surface area (Å²) in [6, 6.07) is 1.75. The minimum atomic E-state index is -0.256. The van der Waals surface area contributed by atoms with Gasteiger partial charge >= 0.3 is 0 Å². The van der Waals surface area contributed by atoms with Crippen LogP contribution in [0.1, 0.15) is 13.3 Å². The summed E-state index contributed by atoms with van der Waals surface area (Å²) in [6.45, 7) is 2.08. The van der Waals surface area contributed by atoms with Crippen LogP contribution >= 0.6 is 0 Å². The molecule has 10 heavy (non-hydrogen) atoms. The molecule has 0 saturated carbocycles. The molecular weight excluding hydrogens is 128 g/mol. The molecule has 0 radical (unpaired) electrons. The highest BCUT2D eigenvalue weighted by Crippen LogP contribution is 1.86. The van der Waals surface area contributed by atoms with Gasteiger partial charge in [-0.3, -0.25) is 4.84 Å². The van der Waals surface area contributed by atoms with Crippen LogP contribution in [0.4, 0.5) is 0 Å². The van der Waals surface area contributed by atoms with Crippen molar-refractivity contribution in [2.24, 2.45) is 0 Å². The third-order valence-corrected chi connectivity index (χ3v) is 0.945. The van der Waals surface area contributed by atoms with Crippen LogP contribution < -0.4 is 5.48 Å². The van der Waals surface area contributed by atoms with Gasteiger partial charge in [-0.2, -0.15) is 10.7 Å². The summed E-state index contributed by atoms with van der Waals surface area (Å²) in [5, 5.41) is 8.38. The van der Waals surface area contributed by atoms with Gasteiger partial charge in [0.2, 0.25) is 0 Å². The van der Waals surface area contributed by atoms with Crippen molar-refractivity contribution in [1.29, 1.82) is 5.26 Å². The van der Waals surface area contributed by atoms with E-state index in [1.165, 1.54) is 0 Å². The Balaban J connectivity index is 3.30. The first kappa shape index (κ1) is 8.97. The zero-order valence-corrected chi connectivity index (χ0v) is 5.92. The van der Waals surface area contributed by atoms with Crippen molar-refractivity contribution >= 4 is 0 Å². The van der Waals surface area contributed by atoms with Gasteiger partial charge < -0.3 is 0 Å². The Labute approximate surface area is 60.9 Å². The van der Waals surface area contributed by atoms with Crippen LogP contribution in [-0.4, -0.2) is 12.6 Å². The molecule has 0 saturated heterocycles. The Morgan fingerprint density at radius 1 is 1.80 bits per heavy atom. The molecule has 54 valence electrons. The molecule has 0 amide bonds. The zero-order valence-electron chi connectivity index (χ0n) is 5.92. The zero-order chi connectivity index (χ0) is 7.82. The summed E-state index contributed by atoms with van der Waals surface area (Å²) in [5.41, 5.74) is 2.52. The number of rotatable bonds is 4. The quantitative estimate of drug-likeness (QED) is 0.348. The molecule has 1 unspecified atom stereocenters. The van der Waals surface area contributed by atoms with Crippen molar-refractivity contribution < 1.29 is 4.84 Å². The van der Waals surface area contributed by atoms with Gasteiger partial charge in [-0.15, -0.1) is 6.42 Å². The van der Waals surface area contributed by atoms with E-state index in [0.717, 1.165) is 0 Å². The Morgan fingerprint density at radius 3 is 2.90 bits per heavy atom. The Bertz CT molecular complexity index is 154. The van der Waals surface area contributed by atoms with E-state index < -0.39 is 0 Å². The molecule has 0 bridgehead atoms. The van der Waals surface area contributed by atoms with Crippen molar-refractivity contribution in [3.8, 4) is 18.4 Å². The van der Waals surface area contributed by atoms with E-state index in [0.29, 0.717) is 6.42 Å². The molecule has 1 N–H and O–H groups in total. The van der Waals surface area contributed by atoms with Gasteiger partial charge in [0.05, 0.1) is 6.07 Å². The van der Waals surface area contributed by atoms with Gasteiger partial charge in [0.25, 0.3) is 0 Å². The van der Waals surface area contributed by atoms with Crippen LogP contribution in [0.2, 0.25) is 0 Å². The van der Waals surface area contributed by atoms with Gasteiger partial charge in [-0.25, -0.2) is 0 Å². The maximum Gasteiger partial charge on any atom is 0.128 e. The first-order chi connectivity index (χ1) is 4.85. The molecule has 1 atom stereocenters. The number of nitriles is 1. The summed E-state index contributed by atoms with van der Waals surface area (Å²) in [4.78, 5) is 4.72. The molecule has 0 heterocycles. The van der Waals surface area contributed by atoms with E-state index in [1.807, 2.05) is 13.0 Å². The number of terminal acetylenes is 1. The van der Waals surface area contributed by atoms with Gasteiger partial charge in [0.15, 0.2) is 0 Å². The van der Waals surface area contributed by atoms with E-state index in [-0.39, 0.29) is 12.6 Å². The highest BCUT2D eigenvalue weighted by Gasteiger charge is 2.00. The first-order valence-electron chi connectivity index (χ1n) is 3.05. The summed E-state index contributed by atoms with van der Waals surface area (Å²) in [6.07, 6.45) is 5.61. The van der Waals surface area contributed by atoms with Crippen LogP contribution in [0, 0.1) is 23.7 Å². The SMILES string of the molecule is C#CCONC(C#N)CC. The Kier molecular flexibility index (Phi) is 5.47. The van der Waals surface area contributed by atoms with E-state index in [4.69, 9.17) is 16.5 Å². The second-order valence-electron chi connectivity index (χ2n) is 1.70. The Hall–Kier alpha value is -1.03. The summed E-state index contributed by atoms with van der Waals surface area (Å²) in [7, 11) is 0. The lowest BCUT2D eigenvalue weighted by Gasteiger charge is -2.05. The largest absolute Gasteiger partial charge is 0.288 e. The van der Waals surface area contributed by atoms with Crippen LogP contribution in [0.15, 0.2) is 0 Å². The van der Waals surface area contributed by atoms with Crippen LogP contribution in [0.25, 0.3) is 0 Å². The van der Waals surface area contributed by atoms with Crippen molar-refractivity contribution in [3.05, 3.63) is 0 Å². The predicted octanol–water partition coefficient (Wildman–Crippen LogP) is 0.443. The van der Waals surface area contributed by atoms with E-state index in [1.54, 1.807) is 0 Å². The molecule has 3 heteroatoms. The standard InChI is InChI=1S/C7H10N2O/c1-3-5-10-9-7(4-2)6-8/h1,7,9H,4-5H2,2H3. The van der Waals surface area contributed by atoms with E-state index in [9.17, 15) is 0 Å². The molecule has 0 aliphatic heterocycles.